The first-order valence-electron chi connectivity index (χ1n) is 11.5. The Hall–Kier alpha value is -3.74. The van der Waals surface area contributed by atoms with Crippen LogP contribution in [0.3, 0.4) is 0 Å². The van der Waals surface area contributed by atoms with Gasteiger partial charge in [-0.2, -0.15) is 0 Å². The van der Waals surface area contributed by atoms with Gasteiger partial charge in [0.25, 0.3) is 0 Å². The standard InChI is InChI=1S/C28H31NO6/c1-16-24(27(32)35-15-17-6-9-19(33-4)10-7-17)25(18-8-11-21(30)23(12-18)34-5)26-20(29-16)13-28(2,3)14-22(26)31/h6-12,25,29-30H,13-15H2,1-5H3/t25-/m1/s1. The van der Waals surface area contributed by atoms with Gasteiger partial charge in [-0.1, -0.05) is 32.0 Å². The number of allylic oxidation sites excluding steroid dienone is 3. The lowest BCUT2D eigenvalue weighted by Gasteiger charge is -2.39. The van der Waals surface area contributed by atoms with Gasteiger partial charge in [0.1, 0.15) is 12.4 Å². The van der Waals surface area contributed by atoms with Crippen molar-refractivity contribution in [3.8, 4) is 17.2 Å². The number of ketones is 1. The van der Waals surface area contributed by atoms with Crippen molar-refractivity contribution in [2.45, 2.75) is 46.1 Å². The lowest BCUT2D eigenvalue weighted by atomic mass is 9.68. The monoisotopic (exact) mass is 477 g/mol. The zero-order valence-electron chi connectivity index (χ0n) is 20.7. The maximum absolute atomic E-state index is 13.5. The molecule has 0 saturated carbocycles. The first-order valence-corrected chi connectivity index (χ1v) is 11.5. The summed E-state index contributed by atoms with van der Waals surface area (Å²) in [6.45, 7) is 6.03. The van der Waals surface area contributed by atoms with Crippen molar-refractivity contribution in [2.24, 2.45) is 5.41 Å². The van der Waals surface area contributed by atoms with Crippen LogP contribution in [0.5, 0.6) is 17.2 Å². The van der Waals surface area contributed by atoms with E-state index in [-0.39, 0.29) is 29.3 Å². The largest absolute Gasteiger partial charge is 0.504 e. The van der Waals surface area contributed by atoms with Crippen LogP contribution in [0.4, 0.5) is 0 Å². The number of ether oxygens (including phenoxy) is 3. The molecule has 0 bridgehead atoms. The van der Waals surface area contributed by atoms with Gasteiger partial charge in [0.05, 0.1) is 19.8 Å². The number of benzene rings is 2. The van der Waals surface area contributed by atoms with Crippen molar-refractivity contribution >= 4 is 11.8 Å². The van der Waals surface area contributed by atoms with Crippen LogP contribution >= 0.6 is 0 Å². The van der Waals surface area contributed by atoms with Crippen molar-refractivity contribution in [1.82, 2.24) is 5.32 Å². The summed E-state index contributed by atoms with van der Waals surface area (Å²) in [7, 11) is 3.06. The Morgan fingerprint density at radius 2 is 1.80 bits per heavy atom. The number of methoxy groups -OCH3 is 2. The molecule has 0 aromatic heterocycles. The number of hydrogen-bond donors (Lipinski definition) is 2. The molecule has 2 aromatic carbocycles. The molecular weight excluding hydrogens is 446 g/mol. The number of Topliss-reactive ketones (excluding diaryl/α,β-unsaturated/α-hetero) is 1. The summed E-state index contributed by atoms with van der Waals surface area (Å²) >= 11 is 0. The third-order valence-electron chi connectivity index (χ3n) is 6.53. The maximum atomic E-state index is 13.5. The van der Waals surface area contributed by atoms with Crippen LogP contribution in [0.25, 0.3) is 0 Å². The molecule has 1 aliphatic carbocycles. The second kappa shape index (κ2) is 9.49. The third-order valence-corrected chi connectivity index (χ3v) is 6.53. The fraction of sp³-hybridized carbons (Fsp3) is 0.357. The molecule has 7 heteroatoms. The van der Waals surface area contributed by atoms with Gasteiger partial charge >= 0.3 is 5.97 Å². The zero-order chi connectivity index (χ0) is 25.3. The number of rotatable bonds is 6. The third kappa shape index (κ3) is 4.90. The highest BCUT2D eigenvalue weighted by molar-refractivity contribution is 6.04. The zero-order valence-corrected chi connectivity index (χ0v) is 20.7. The molecule has 1 atom stereocenters. The number of esters is 1. The average molecular weight is 478 g/mol. The Labute approximate surface area is 205 Å². The number of carbonyl (C=O) groups is 2. The fourth-order valence-corrected chi connectivity index (χ4v) is 4.86. The first-order chi connectivity index (χ1) is 16.6. The van der Waals surface area contributed by atoms with E-state index < -0.39 is 11.9 Å². The molecule has 0 unspecified atom stereocenters. The molecule has 7 nitrogen and oxygen atoms in total. The van der Waals surface area contributed by atoms with E-state index in [0.29, 0.717) is 35.2 Å². The number of hydrogen-bond acceptors (Lipinski definition) is 7. The lowest BCUT2D eigenvalue weighted by molar-refractivity contribution is -0.140. The van der Waals surface area contributed by atoms with Crippen molar-refractivity contribution in [3.05, 3.63) is 76.1 Å². The van der Waals surface area contributed by atoms with E-state index in [1.54, 1.807) is 31.4 Å². The van der Waals surface area contributed by atoms with Gasteiger partial charge in [-0.3, -0.25) is 4.79 Å². The molecule has 0 saturated heterocycles. The predicted molar refractivity (Wildman–Crippen MR) is 131 cm³/mol. The highest BCUT2D eigenvalue weighted by Gasteiger charge is 2.43. The Balaban J connectivity index is 1.72. The number of phenols is 1. The molecule has 35 heavy (non-hydrogen) atoms. The van der Waals surface area contributed by atoms with Gasteiger partial charge in [-0.15, -0.1) is 0 Å². The van der Waals surface area contributed by atoms with Gasteiger partial charge in [-0.25, -0.2) is 4.79 Å². The lowest BCUT2D eigenvalue weighted by Crippen LogP contribution is -2.38. The van der Waals surface area contributed by atoms with Crippen LogP contribution in [0.15, 0.2) is 65.0 Å². The van der Waals surface area contributed by atoms with Crippen LogP contribution in [0.1, 0.15) is 50.7 Å². The van der Waals surface area contributed by atoms with Gasteiger partial charge < -0.3 is 24.6 Å². The number of nitrogens with one attached hydrogen (secondary N) is 1. The molecule has 0 amide bonds. The molecule has 4 rings (SSSR count). The maximum Gasteiger partial charge on any atom is 0.337 e. The number of phenolic OH excluding ortho intramolecular Hbond substituents is 1. The van der Waals surface area contributed by atoms with Crippen LogP contribution < -0.4 is 14.8 Å². The SMILES string of the molecule is COc1ccc(COC(=O)C2=C(C)NC3=C(C(=O)CC(C)(C)C3)[C@@H]2c2ccc(O)c(OC)c2)cc1. The van der Waals surface area contributed by atoms with E-state index in [4.69, 9.17) is 14.2 Å². The van der Waals surface area contributed by atoms with E-state index in [9.17, 15) is 14.7 Å². The summed E-state index contributed by atoms with van der Waals surface area (Å²) in [5, 5.41) is 13.5. The van der Waals surface area contributed by atoms with Crippen LogP contribution in [-0.2, 0) is 20.9 Å². The summed E-state index contributed by atoms with van der Waals surface area (Å²) in [6, 6.07) is 12.2. The summed E-state index contributed by atoms with van der Waals surface area (Å²) in [5.74, 6) is -0.168. The highest BCUT2D eigenvalue weighted by atomic mass is 16.5. The first kappa shape index (κ1) is 24.4. The summed E-state index contributed by atoms with van der Waals surface area (Å²) in [6.07, 6.45) is 1.07. The molecule has 1 aliphatic heterocycles. The molecule has 184 valence electrons. The van der Waals surface area contributed by atoms with Crippen molar-refractivity contribution in [3.63, 3.8) is 0 Å². The Bertz CT molecular complexity index is 1220. The van der Waals surface area contributed by atoms with Crippen LogP contribution in [0.2, 0.25) is 0 Å². The predicted octanol–water partition coefficient (Wildman–Crippen LogP) is 4.76. The number of aromatic hydroxyl groups is 1. The van der Waals surface area contributed by atoms with Gasteiger partial charge in [-0.05, 0) is 54.2 Å². The topological polar surface area (TPSA) is 94.1 Å². The molecule has 0 fully saturated rings. The average Bonchev–Trinajstić information content (AvgIpc) is 2.81. The molecular formula is C28H31NO6. The van der Waals surface area contributed by atoms with E-state index in [1.807, 2.05) is 19.1 Å². The minimum atomic E-state index is -0.632. The molecule has 0 radical (unpaired) electrons. The van der Waals surface area contributed by atoms with E-state index >= 15 is 0 Å². The van der Waals surface area contributed by atoms with E-state index in [2.05, 4.69) is 19.2 Å². The Morgan fingerprint density at radius 1 is 1.09 bits per heavy atom. The van der Waals surface area contributed by atoms with E-state index in [1.165, 1.54) is 13.2 Å². The van der Waals surface area contributed by atoms with Crippen molar-refractivity contribution in [1.29, 1.82) is 0 Å². The summed E-state index contributed by atoms with van der Waals surface area (Å²) in [4.78, 5) is 26.9. The molecule has 2 aliphatic rings. The Morgan fingerprint density at radius 3 is 2.46 bits per heavy atom. The highest BCUT2D eigenvalue weighted by Crippen LogP contribution is 2.47. The summed E-state index contributed by atoms with van der Waals surface area (Å²) in [5.41, 5.74) is 3.72. The minimum absolute atomic E-state index is 0.00579. The smallest absolute Gasteiger partial charge is 0.337 e. The second-order valence-electron chi connectivity index (χ2n) is 9.79. The van der Waals surface area contributed by atoms with Gasteiger partial charge in [0.15, 0.2) is 17.3 Å². The summed E-state index contributed by atoms with van der Waals surface area (Å²) < 4.78 is 16.2. The van der Waals surface area contributed by atoms with Gasteiger partial charge in [0.2, 0.25) is 0 Å². The normalized spacial score (nSPS) is 19.1. The number of dihydropyridines is 1. The Kier molecular flexibility index (Phi) is 6.61. The number of carbonyl (C=O) groups excluding carboxylic acids is 2. The van der Waals surface area contributed by atoms with Crippen LogP contribution in [0, 0.1) is 5.41 Å². The molecule has 1 heterocycles. The van der Waals surface area contributed by atoms with Crippen LogP contribution in [-0.4, -0.2) is 31.1 Å². The van der Waals surface area contributed by atoms with Crippen molar-refractivity contribution < 1.29 is 28.9 Å². The quantitative estimate of drug-likeness (QED) is 0.580. The van der Waals surface area contributed by atoms with Gasteiger partial charge in [0, 0.05) is 29.3 Å². The molecule has 0 spiro atoms. The van der Waals surface area contributed by atoms with Crippen molar-refractivity contribution in [2.75, 3.05) is 14.2 Å². The molecule has 2 aromatic rings. The fourth-order valence-electron chi connectivity index (χ4n) is 4.86. The minimum Gasteiger partial charge on any atom is -0.504 e. The molecule has 2 N–H and O–H groups in total. The van der Waals surface area contributed by atoms with E-state index in [0.717, 1.165) is 17.0 Å². The second-order valence-corrected chi connectivity index (χ2v) is 9.79.